The highest BCUT2D eigenvalue weighted by molar-refractivity contribution is 7.85. The third-order valence-electron chi connectivity index (χ3n) is 2.66. The second-order valence-electron chi connectivity index (χ2n) is 4.98. The van der Waals surface area contributed by atoms with Crippen molar-refractivity contribution in [2.24, 2.45) is 0 Å². The molecule has 154 valence electrons. The van der Waals surface area contributed by atoms with Crippen LogP contribution in [-0.4, -0.2) is 82.7 Å². The van der Waals surface area contributed by atoms with Gasteiger partial charge in [0.2, 0.25) is 0 Å². The first-order valence-electron chi connectivity index (χ1n) is 6.92. The van der Waals surface area contributed by atoms with E-state index in [0.29, 0.717) is 0 Å². The van der Waals surface area contributed by atoms with Crippen LogP contribution < -0.4 is 5.32 Å². The molecule has 0 radical (unpaired) electrons. The third kappa shape index (κ3) is 10.8. The van der Waals surface area contributed by atoms with E-state index in [-0.39, 0.29) is 0 Å². The average Bonchev–Trinajstić information content (AvgIpc) is 2.50. The molecule has 4 nitrogen and oxygen atoms in total. The summed E-state index contributed by atoms with van der Waals surface area (Å²) < 4.78 is 132. The molecule has 0 bridgehead atoms. The fourth-order valence-electron chi connectivity index (χ4n) is 1.48. The molecule has 7 unspecified atom stereocenters. The number of halogens is 8. The Balaban J connectivity index is 0. The van der Waals surface area contributed by atoms with Crippen molar-refractivity contribution >= 4 is 10.1 Å². The maximum Gasteiger partial charge on any atom is 0.267 e. The second-order valence-corrected chi connectivity index (χ2v) is 6.48. The zero-order valence-corrected chi connectivity index (χ0v) is 14.2. The minimum Gasteiger partial charge on any atom is -0.323 e. The lowest BCUT2D eigenvalue weighted by molar-refractivity contribution is -0.0340. The summed E-state index contributed by atoms with van der Waals surface area (Å²) in [4.78, 5) is 0. The van der Waals surface area contributed by atoms with Gasteiger partial charge >= 0.3 is 0 Å². The summed E-state index contributed by atoms with van der Waals surface area (Å²) in [5.41, 5.74) is 0. The Morgan fingerprint density at radius 2 is 1.12 bits per heavy atom. The topological polar surface area (TPSA) is 66.4 Å². The van der Waals surface area contributed by atoms with E-state index in [1.165, 1.54) is 0 Å². The Hall–Kier alpha value is -0.690. The van der Waals surface area contributed by atoms with E-state index in [4.69, 9.17) is 4.55 Å². The molecular weight excluding hydrogens is 390 g/mol. The molecule has 0 aromatic heterocycles. The summed E-state index contributed by atoms with van der Waals surface area (Å²) in [6, 6.07) is 0. The molecule has 25 heavy (non-hydrogen) atoms. The summed E-state index contributed by atoms with van der Waals surface area (Å²) in [5, 5.41) is 2.75. The summed E-state index contributed by atoms with van der Waals surface area (Å²) in [6.45, 7) is -1.41. The van der Waals surface area contributed by atoms with E-state index in [1.54, 1.807) is 0 Å². The molecule has 0 fully saturated rings. The van der Waals surface area contributed by atoms with E-state index < -0.39 is 72.2 Å². The molecule has 0 aromatic carbocycles. The fourth-order valence-corrected chi connectivity index (χ4v) is 2.07. The molecule has 0 saturated heterocycles. The maximum absolute atomic E-state index is 13.2. The van der Waals surface area contributed by atoms with E-state index in [2.05, 4.69) is 5.32 Å². The van der Waals surface area contributed by atoms with E-state index in [1.807, 2.05) is 14.1 Å². The molecule has 2 N–H and O–H groups in total. The van der Waals surface area contributed by atoms with Gasteiger partial charge in [-0.2, -0.15) is 8.42 Å². The van der Waals surface area contributed by atoms with Gasteiger partial charge in [0.05, 0.1) is 6.67 Å². The average molecular weight is 411 g/mol. The van der Waals surface area contributed by atoms with Crippen LogP contribution in [0.4, 0.5) is 35.1 Å². The van der Waals surface area contributed by atoms with Crippen LogP contribution in [0.2, 0.25) is 0 Å². The summed E-state index contributed by atoms with van der Waals surface area (Å²) in [5.74, 6) is -1.93. The lowest BCUT2D eigenvalue weighted by Crippen LogP contribution is -2.46. The van der Waals surface area contributed by atoms with Crippen molar-refractivity contribution in [3.8, 4) is 0 Å². The van der Waals surface area contributed by atoms with Gasteiger partial charge in [0.1, 0.15) is 11.9 Å². The lowest BCUT2D eigenvalue weighted by Gasteiger charge is -2.25. The van der Waals surface area contributed by atoms with Crippen LogP contribution in [0.25, 0.3) is 0 Å². The summed E-state index contributed by atoms with van der Waals surface area (Å²) in [7, 11) is -1.31. The minimum atomic E-state index is -5.06. The zero-order valence-electron chi connectivity index (χ0n) is 13.4. The van der Waals surface area contributed by atoms with Gasteiger partial charge < -0.3 is 5.32 Å². The molecule has 7 atom stereocenters. The number of alkyl halides is 8. The molecule has 0 amide bonds. The first kappa shape index (κ1) is 26.5. The van der Waals surface area contributed by atoms with Crippen LogP contribution in [0, 0.1) is 0 Å². The molecule has 0 heterocycles. The number of rotatable bonds is 10. The molecule has 0 spiro atoms. The van der Waals surface area contributed by atoms with Crippen LogP contribution in [0.3, 0.4) is 0 Å². The van der Waals surface area contributed by atoms with E-state index in [9.17, 15) is 43.5 Å². The number of hydrogen-bond acceptors (Lipinski definition) is 3. The van der Waals surface area contributed by atoms with Crippen molar-refractivity contribution < 1.29 is 48.1 Å². The summed E-state index contributed by atoms with van der Waals surface area (Å²) in [6.07, 6.45) is -24.9. The van der Waals surface area contributed by atoms with E-state index in [0.717, 1.165) is 0 Å². The predicted octanol–water partition coefficient (Wildman–Crippen LogP) is 2.44. The Morgan fingerprint density at radius 3 is 1.44 bits per heavy atom. The van der Waals surface area contributed by atoms with Gasteiger partial charge in [-0.1, -0.05) is 0 Å². The van der Waals surface area contributed by atoms with Gasteiger partial charge in [0, 0.05) is 6.42 Å². The van der Waals surface area contributed by atoms with Crippen molar-refractivity contribution in [3.05, 3.63) is 0 Å². The molecule has 0 aromatic rings. The first-order valence-corrected chi connectivity index (χ1v) is 8.53. The van der Waals surface area contributed by atoms with Crippen LogP contribution in [-0.2, 0) is 10.1 Å². The monoisotopic (exact) mass is 411 g/mol. The Labute approximate surface area is 140 Å². The van der Waals surface area contributed by atoms with Crippen LogP contribution in [0.15, 0.2) is 0 Å². The van der Waals surface area contributed by atoms with Crippen molar-refractivity contribution in [1.29, 1.82) is 0 Å². The molecule has 0 aliphatic heterocycles. The Kier molecular flexibility index (Phi) is 13.4. The molecule has 0 saturated carbocycles. The van der Waals surface area contributed by atoms with E-state index >= 15 is 0 Å². The smallest absolute Gasteiger partial charge is 0.267 e. The number of hydrogen-bond donors (Lipinski definition) is 2. The van der Waals surface area contributed by atoms with Gasteiger partial charge in [0.15, 0.2) is 37.0 Å². The van der Waals surface area contributed by atoms with Crippen LogP contribution >= 0.6 is 0 Å². The van der Waals surface area contributed by atoms with Gasteiger partial charge in [0.25, 0.3) is 10.1 Å². The lowest BCUT2D eigenvalue weighted by atomic mass is 9.99. The molecule has 0 aliphatic rings. The SMILES string of the molecule is CNC.O=S(=O)(O)CC(F)C(F)C(F)C(F)C(F)C(F)C(F)CCF. The molecule has 13 heteroatoms. The fraction of sp³-hybridized carbons (Fsp3) is 1.00. The van der Waals surface area contributed by atoms with Crippen molar-refractivity contribution in [2.45, 2.75) is 49.6 Å². The van der Waals surface area contributed by atoms with Gasteiger partial charge in [-0.25, -0.2) is 30.7 Å². The predicted molar refractivity (Wildman–Crippen MR) is 76.3 cm³/mol. The highest BCUT2D eigenvalue weighted by Crippen LogP contribution is 2.27. The Bertz CT molecular complexity index is 444. The quantitative estimate of drug-likeness (QED) is 0.428. The molecule has 0 aliphatic carbocycles. The van der Waals surface area contributed by atoms with Gasteiger partial charge in [-0.15, -0.1) is 0 Å². The van der Waals surface area contributed by atoms with Crippen molar-refractivity contribution in [3.63, 3.8) is 0 Å². The van der Waals surface area contributed by atoms with Crippen LogP contribution in [0.1, 0.15) is 6.42 Å². The van der Waals surface area contributed by atoms with Gasteiger partial charge in [-0.3, -0.25) is 8.94 Å². The largest absolute Gasteiger partial charge is 0.323 e. The number of nitrogens with one attached hydrogen (secondary N) is 1. The van der Waals surface area contributed by atoms with Gasteiger partial charge in [-0.05, 0) is 14.1 Å². The molecule has 0 rings (SSSR count). The molecular formula is C12H21F8NO3S. The van der Waals surface area contributed by atoms with Crippen LogP contribution in [0.5, 0.6) is 0 Å². The van der Waals surface area contributed by atoms with Crippen molar-refractivity contribution in [1.82, 2.24) is 5.32 Å². The highest BCUT2D eigenvalue weighted by atomic mass is 32.2. The Morgan fingerprint density at radius 1 is 0.800 bits per heavy atom. The standard InChI is InChI=1S/C10H14F8O3S.C2H7N/c11-2-1-4(12)6(14)8(16)10(18)9(17)7(15)5(13)3-22(19,20)21;1-3-2/h4-10H,1-3H2,(H,19,20,21);3H,1-2H3. The zero-order chi connectivity index (χ0) is 20.4. The normalized spacial score (nSPS) is 20.4. The first-order chi connectivity index (χ1) is 11.3. The summed E-state index contributed by atoms with van der Waals surface area (Å²) >= 11 is 0. The maximum atomic E-state index is 13.2. The third-order valence-corrected chi connectivity index (χ3v) is 3.40. The highest BCUT2D eigenvalue weighted by Gasteiger charge is 2.46. The van der Waals surface area contributed by atoms with Crippen molar-refractivity contribution in [2.75, 3.05) is 26.5 Å². The minimum absolute atomic E-state index is 1.14. The second kappa shape index (κ2) is 12.6.